The summed E-state index contributed by atoms with van der Waals surface area (Å²) in [6.07, 6.45) is 1.23. The Bertz CT molecular complexity index is 1030. The van der Waals surface area contributed by atoms with Crippen LogP contribution < -0.4 is 5.32 Å². The van der Waals surface area contributed by atoms with Crippen LogP contribution in [0.25, 0.3) is 11.4 Å². The van der Waals surface area contributed by atoms with E-state index in [2.05, 4.69) is 38.6 Å². The van der Waals surface area contributed by atoms with Gasteiger partial charge in [-0.05, 0) is 51.3 Å². The number of aryl methyl sites for hydroxylation is 1. The highest BCUT2D eigenvalue weighted by Crippen LogP contribution is 2.18. The van der Waals surface area contributed by atoms with Crippen LogP contribution in [0.3, 0.4) is 0 Å². The quantitative estimate of drug-likeness (QED) is 0.516. The largest absolute Gasteiger partial charge is 0.354 e. The standard InChI is InChI=1S/C23H29N5OS/c1-17-8-7-11-19(14-17)22-25-26-23(30)28(22)13-12-21(29)24-16-20(27(2)3)15-18-9-5-4-6-10-18/h4-11,14,20H,12-13,15-16H2,1-3H3,(H,24,29)(H,26,30). The fourth-order valence-electron chi connectivity index (χ4n) is 3.39. The highest BCUT2D eigenvalue weighted by atomic mass is 32.1. The van der Waals surface area contributed by atoms with Crippen LogP contribution in [-0.2, 0) is 17.8 Å². The van der Waals surface area contributed by atoms with Crippen LogP contribution in [0.4, 0.5) is 0 Å². The van der Waals surface area contributed by atoms with Crippen LogP contribution in [0.5, 0.6) is 0 Å². The van der Waals surface area contributed by atoms with Gasteiger partial charge in [0.1, 0.15) is 0 Å². The Labute approximate surface area is 182 Å². The summed E-state index contributed by atoms with van der Waals surface area (Å²) in [6.45, 7) is 3.12. The fraction of sp³-hybridized carbons (Fsp3) is 0.348. The first kappa shape index (κ1) is 21.9. The van der Waals surface area contributed by atoms with Gasteiger partial charge < -0.3 is 10.2 Å². The molecule has 0 bridgehead atoms. The lowest BCUT2D eigenvalue weighted by atomic mass is 10.1. The lowest BCUT2D eigenvalue weighted by molar-refractivity contribution is -0.121. The molecular weight excluding hydrogens is 394 g/mol. The molecular formula is C23H29N5OS. The molecule has 7 heteroatoms. The van der Waals surface area contributed by atoms with E-state index < -0.39 is 0 Å². The van der Waals surface area contributed by atoms with Crippen LogP contribution in [0.2, 0.25) is 0 Å². The van der Waals surface area contributed by atoms with Crippen molar-refractivity contribution in [1.29, 1.82) is 0 Å². The van der Waals surface area contributed by atoms with Crippen molar-refractivity contribution in [2.75, 3.05) is 20.6 Å². The van der Waals surface area contributed by atoms with E-state index in [0.717, 1.165) is 23.4 Å². The number of aromatic amines is 1. The highest BCUT2D eigenvalue weighted by molar-refractivity contribution is 7.71. The van der Waals surface area contributed by atoms with Crippen LogP contribution in [0, 0.1) is 11.7 Å². The molecule has 0 radical (unpaired) electrons. The van der Waals surface area contributed by atoms with E-state index in [-0.39, 0.29) is 11.9 Å². The second-order valence-corrected chi connectivity index (χ2v) is 8.12. The summed E-state index contributed by atoms with van der Waals surface area (Å²) in [6, 6.07) is 18.7. The Morgan fingerprint density at radius 2 is 1.97 bits per heavy atom. The van der Waals surface area contributed by atoms with Crippen molar-refractivity contribution in [1.82, 2.24) is 25.0 Å². The van der Waals surface area contributed by atoms with E-state index in [1.54, 1.807) is 0 Å². The van der Waals surface area contributed by atoms with Gasteiger partial charge in [-0.1, -0.05) is 54.1 Å². The Morgan fingerprint density at radius 1 is 1.20 bits per heavy atom. The van der Waals surface area contributed by atoms with Gasteiger partial charge in [-0.15, -0.1) is 0 Å². The van der Waals surface area contributed by atoms with Crippen molar-refractivity contribution in [3.05, 3.63) is 70.5 Å². The molecule has 1 aromatic heterocycles. The monoisotopic (exact) mass is 423 g/mol. The third-order valence-electron chi connectivity index (χ3n) is 5.18. The number of rotatable bonds is 9. The molecule has 0 fully saturated rings. The number of hydrogen-bond donors (Lipinski definition) is 2. The van der Waals surface area contributed by atoms with Crippen molar-refractivity contribution in [2.45, 2.75) is 32.4 Å². The average molecular weight is 424 g/mol. The lowest BCUT2D eigenvalue weighted by Crippen LogP contribution is -2.41. The number of H-pyrrole nitrogens is 1. The molecule has 158 valence electrons. The van der Waals surface area contributed by atoms with Gasteiger partial charge in [-0.2, -0.15) is 5.10 Å². The molecule has 6 nitrogen and oxygen atoms in total. The summed E-state index contributed by atoms with van der Waals surface area (Å²) >= 11 is 5.38. The van der Waals surface area contributed by atoms with Crippen LogP contribution in [0.1, 0.15) is 17.5 Å². The summed E-state index contributed by atoms with van der Waals surface area (Å²) in [5, 5.41) is 10.3. The first-order chi connectivity index (χ1) is 14.4. The summed E-state index contributed by atoms with van der Waals surface area (Å²) in [4.78, 5) is 14.7. The molecule has 0 aliphatic heterocycles. The van der Waals surface area contributed by atoms with Gasteiger partial charge in [0, 0.05) is 31.1 Å². The molecule has 0 saturated heterocycles. The molecule has 1 atom stereocenters. The number of benzene rings is 2. The smallest absolute Gasteiger partial charge is 0.221 e. The van der Waals surface area contributed by atoms with Crippen molar-refractivity contribution >= 4 is 18.1 Å². The van der Waals surface area contributed by atoms with Crippen molar-refractivity contribution < 1.29 is 4.79 Å². The van der Waals surface area contributed by atoms with Gasteiger partial charge in [0.05, 0.1) is 0 Å². The van der Waals surface area contributed by atoms with Gasteiger partial charge in [0.25, 0.3) is 0 Å². The van der Waals surface area contributed by atoms with Crippen LogP contribution in [0.15, 0.2) is 54.6 Å². The number of nitrogens with zero attached hydrogens (tertiary/aromatic N) is 3. The second-order valence-electron chi connectivity index (χ2n) is 7.73. The van der Waals surface area contributed by atoms with Gasteiger partial charge in [-0.25, -0.2) is 0 Å². The third kappa shape index (κ3) is 5.87. The summed E-state index contributed by atoms with van der Waals surface area (Å²) in [5.41, 5.74) is 3.40. The van der Waals surface area contributed by atoms with E-state index in [4.69, 9.17) is 12.2 Å². The minimum Gasteiger partial charge on any atom is -0.354 e. The summed E-state index contributed by atoms with van der Waals surface area (Å²) < 4.78 is 2.41. The molecule has 0 spiro atoms. The van der Waals surface area contributed by atoms with Gasteiger partial charge in [0.15, 0.2) is 10.6 Å². The summed E-state index contributed by atoms with van der Waals surface area (Å²) in [5.74, 6) is 0.764. The number of hydrogen-bond acceptors (Lipinski definition) is 4. The third-order valence-corrected chi connectivity index (χ3v) is 5.49. The predicted octanol–water partition coefficient (Wildman–Crippen LogP) is 3.60. The molecule has 2 N–H and O–H groups in total. The predicted molar refractivity (Wildman–Crippen MR) is 123 cm³/mol. The van der Waals surface area contributed by atoms with Crippen LogP contribution in [-0.4, -0.2) is 52.3 Å². The van der Waals surface area contributed by atoms with Gasteiger partial charge in [-0.3, -0.25) is 14.5 Å². The first-order valence-electron chi connectivity index (χ1n) is 10.1. The van der Waals surface area contributed by atoms with E-state index in [0.29, 0.717) is 24.3 Å². The van der Waals surface area contributed by atoms with Crippen molar-refractivity contribution in [3.8, 4) is 11.4 Å². The van der Waals surface area contributed by atoms with Crippen LogP contribution >= 0.6 is 12.2 Å². The molecule has 1 unspecified atom stereocenters. The molecule has 0 saturated carbocycles. The zero-order valence-electron chi connectivity index (χ0n) is 17.8. The average Bonchev–Trinajstić information content (AvgIpc) is 3.10. The topological polar surface area (TPSA) is 66.0 Å². The number of carbonyl (C=O) groups excluding carboxylic acids is 1. The van der Waals surface area contributed by atoms with E-state index >= 15 is 0 Å². The normalized spacial score (nSPS) is 12.1. The van der Waals surface area contributed by atoms with E-state index in [1.165, 1.54) is 5.56 Å². The number of nitrogens with one attached hydrogen (secondary N) is 2. The van der Waals surface area contributed by atoms with Gasteiger partial charge >= 0.3 is 0 Å². The Kier molecular flexibility index (Phi) is 7.54. The molecule has 2 aromatic carbocycles. The SMILES string of the molecule is Cc1cccc(-c2n[nH]c(=S)n2CCC(=O)NCC(Cc2ccccc2)N(C)C)c1. The second kappa shape index (κ2) is 10.3. The number of amides is 1. The maximum Gasteiger partial charge on any atom is 0.221 e. The van der Waals surface area contributed by atoms with E-state index in [9.17, 15) is 4.79 Å². The molecule has 1 amide bonds. The van der Waals surface area contributed by atoms with Crippen molar-refractivity contribution in [3.63, 3.8) is 0 Å². The Hall–Kier alpha value is -2.77. The maximum atomic E-state index is 12.5. The number of carbonyl (C=O) groups is 1. The Morgan fingerprint density at radius 3 is 2.67 bits per heavy atom. The maximum absolute atomic E-state index is 12.5. The minimum absolute atomic E-state index is 0.00760. The zero-order valence-corrected chi connectivity index (χ0v) is 18.6. The minimum atomic E-state index is 0.00760. The lowest BCUT2D eigenvalue weighted by Gasteiger charge is -2.25. The highest BCUT2D eigenvalue weighted by Gasteiger charge is 2.15. The van der Waals surface area contributed by atoms with E-state index in [1.807, 2.05) is 62.0 Å². The van der Waals surface area contributed by atoms with Crippen molar-refractivity contribution in [2.24, 2.45) is 0 Å². The van der Waals surface area contributed by atoms with Gasteiger partial charge in [0.2, 0.25) is 5.91 Å². The molecule has 30 heavy (non-hydrogen) atoms. The molecule has 0 aliphatic rings. The first-order valence-corrected chi connectivity index (χ1v) is 10.5. The number of likely N-dealkylation sites (N-methyl/N-ethyl adjacent to an activating group) is 1. The molecule has 3 rings (SSSR count). The molecule has 1 heterocycles. The summed E-state index contributed by atoms with van der Waals surface area (Å²) in [7, 11) is 4.08. The molecule has 0 aliphatic carbocycles. The zero-order chi connectivity index (χ0) is 21.5. The Balaban J connectivity index is 1.58. The molecule has 3 aromatic rings. The number of aromatic nitrogens is 3. The fourth-order valence-corrected chi connectivity index (χ4v) is 3.61.